The zero-order valence-corrected chi connectivity index (χ0v) is 9.60. The molecule has 0 amide bonds. The van der Waals surface area contributed by atoms with E-state index in [1.54, 1.807) is 0 Å². The summed E-state index contributed by atoms with van der Waals surface area (Å²) in [6.07, 6.45) is 3.02. The minimum atomic E-state index is -0.388. The van der Waals surface area contributed by atoms with Crippen molar-refractivity contribution < 1.29 is 0 Å². The zero-order chi connectivity index (χ0) is 12.0. The summed E-state index contributed by atoms with van der Waals surface area (Å²) in [4.78, 5) is 8.75. The van der Waals surface area contributed by atoms with Crippen molar-refractivity contribution in [1.29, 1.82) is 0 Å². The first-order valence-electron chi connectivity index (χ1n) is 5.74. The summed E-state index contributed by atoms with van der Waals surface area (Å²) in [7, 11) is 0. The van der Waals surface area contributed by atoms with Gasteiger partial charge in [-0.25, -0.2) is 4.99 Å². The average molecular weight is 226 g/mol. The molecular formula is C10H22N6. The van der Waals surface area contributed by atoms with Gasteiger partial charge in [-0.1, -0.05) is 0 Å². The molecule has 6 nitrogen and oxygen atoms in total. The van der Waals surface area contributed by atoms with Crippen LogP contribution in [0.25, 0.3) is 0 Å². The Labute approximate surface area is 96.2 Å². The van der Waals surface area contributed by atoms with Crippen LogP contribution in [0, 0.1) is 0 Å². The molecule has 16 heavy (non-hydrogen) atoms. The van der Waals surface area contributed by atoms with Crippen molar-refractivity contribution in [2.75, 3.05) is 13.1 Å². The lowest BCUT2D eigenvalue weighted by Crippen LogP contribution is -2.41. The first-order valence-corrected chi connectivity index (χ1v) is 5.74. The van der Waals surface area contributed by atoms with Gasteiger partial charge in [-0.05, 0) is 38.8 Å². The normalized spacial score (nSPS) is 25.2. The fourth-order valence-electron chi connectivity index (χ4n) is 1.68. The first kappa shape index (κ1) is 13.1. The molecule has 0 aliphatic carbocycles. The number of nitrogens with two attached hydrogens (primary N) is 4. The molecule has 0 aromatic rings. The van der Waals surface area contributed by atoms with Gasteiger partial charge in [0.1, 0.15) is 18.0 Å². The second-order valence-electron chi connectivity index (χ2n) is 3.96. The van der Waals surface area contributed by atoms with Crippen molar-refractivity contribution in [3.05, 3.63) is 0 Å². The lowest BCUT2D eigenvalue weighted by atomic mass is 10.1. The molecule has 0 saturated carbocycles. The maximum Gasteiger partial charge on any atom is 0.137 e. The molecular weight excluding hydrogens is 204 g/mol. The Morgan fingerprint density at radius 1 is 1.06 bits per heavy atom. The summed E-state index contributed by atoms with van der Waals surface area (Å²) < 4.78 is 0. The van der Waals surface area contributed by atoms with E-state index in [4.69, 9.17) is 22.9 Å². The molecule has 8 N–H and O–H groups in total. The highest BCUT2D eigenvalue weighted by molar-refractivity contribution is 5.98. The number of hydrogen-bond donors (Lipinski definition) is 4. The zero-order valence-electron chi connectivity index (χ0n) is 9.60. The van der Waals surface area contributed by atoms with Gasteiger partial charge in [-0.3, -0.25) is 4.99 Å². The Hall–Kier alpha value is -0.980. The number of nitrogens with zero attached hydrogens (tertiary/aromatic N) is 2. The van der Waals surface area contributed by atoms with Crippen molar-refractivity contribution in [3.8, 4) is 0 Å². The first-order chi connectivity index (χ1) is 7.69. The van der Waals surface area contributed by atoms with Crippen LogP contribution >= 0.6 is 0 Å². The Bertz CT molecular complexity index is 272. The van der Waals surface area contributed by atoms with E-state index >= 15 is 0 Å². The third-order valence-corrected chi connectivity index (χ3v) is 2.61. The molecule has 0 bridgehead atoms. The minimum Gasteiger partial charge on any atom is -0.386 e. The van der Waals surface area contributed by atoms with Gasteiger partial charge >= 0.3 is 0 Å². The summed E-state index contributed by atoms with van der Waals surface area (Å²) in [6, 6.07) is -0.0453. The molecule has 0 aromatic heterocycles. The molecule has 1 aliphatic rings. The van der Waals surface area contributed by atoms with Crippen molar-refractivity contribution in [2.24, 2.45) is 32.9 Å². The van der Waals surface area contributed by atoms with Gasteiger partial charge in [0, 0.05) is 0 Å². The predicted molar refractivity (Wildman–Crippen MR) is 67.4 cm³/mol. The van der Waals surface area contributed by atoms with E-state index in [2.05, 4.69) is 9.98 Å². The molecule has 2 unspecified atom stereocenters. The topological polar surface area (TPSA) is 129 Å². The van der Waals surface area contributed by atoms with Crippen molar-refractivity contribution in [2.45, 2.75) is 37.9 Å². The number of amidine groups is 1. The third kappa shape index (κ3) is 3.55. The SMILES string of the molecule is NCCCC1=NC(CCCN)C(N)=NC1N. The van der Waals surface area contributed by atoms with Gasteiger partial charge in [-0.15, -0.1) is 0 Å². The Kier molecular flexibility index (Phi) is 5.37. The molecule has 0 aromatic carbocycles. The van der Waals surface area contributed by atoms with E-state index in [0.717, 1.165) is 31.4 Å². The van der Waals surface area contributed by atoms with Crippen LogP contribution in [-0.4, -0.2) is 36.8 Å². The second-order valence-corrected chi connectivity index (χ2v) is 3.96. The van der Waals surface area contributed by atoms with E-state index in [0.29, 0.717) is 18.9 Å². The second kappa shape index (κ2) is 6.57. The summed E-state index contributed by atoms with van der Waals surface area (Å²) in [5, 5.41) is 0. The highest BCUT2D eigenvalue weighted by atomic mass is 15.1. The van der Waals surface area contributed by atoms with Crippen LogP contribution in [0.4, 0.5) is 0 Å². The smallest absolute Gasteiger partial charge is 0.137 e. The third-order valence-electron chi connectivity index (χ3n) is 2.61. The Balaban J connectivity index is 2.61. The maximum atomic E-state index is 5.84. The Morgan fingerprint density at radius 3 is 2.38 bits per heavy atom. The molecule has 92 valence electrons. The molecule has 1 aliphatic heterocycles. The van der Waals surface area contributed by atoms with Crippen LogP contribution in [-0.2, 0) is 0 Å². The van der Waals surface area contributed by atoms with Gasteiger partial charge in [-0.2, -0.15) is 0 Å². The molecule has 2 atom stereocenters. The molecule has 1 rings (SSSR count). The van der Waals surface area contributed by atoms with Crippen LogP contribution < -0.4 is 22.9 Å². The van der Waals surface area contributed by atoms with Crippen molar-refractivity contribution in [1.82, 2.24) is 0 Å². The van der Waals surface area contributed by atoms with Crippen LogP contribution in [0.5, 0.6) is 0 Å². The van der Waals surface area contributed by atoms with Crippen LogP contribution in [0.3, 0.4) is 0 Å². The number of hydrogen-bond acceptors (Lipinski definition) is 6. The number of aliphatic imine (C=N–C) groups is 2. The van der Waals surface area contributed by atoms with E-state index in [9.17, 15) is 0 Å². The molecule has 0 fully saturated rings. The monoisotopic (exact) mass is 226 g/mol. The quantitative estimate of drug-likeness (QED) is 0.459. The molecule has 0 radical (unpaired) electrons. The van der Waals surface area contributed by atoms with Gasteiger partial charge in [0.15, 0.2) is 0 Å². The van der Waals surface area contributed by atoms with Gasteiger partial charge in [0.25, 0.3) is 0 Å². The number of rotatable bonds is 6. The van der Waals surface area contributed by atoms with Gasteiger partial charge < -0.3 is 22.9 Å². The summed E-state index contributed by atoms with van der Waals surface area (Å²) in [5.41, 5.74) is 23.5. The summed E-state index contributed by atoms with van der Waals surface area (Å²) in [5.74, 6) is 0.525. The van der Waals surface area contributed by atoms with Crippen molar-refractivity contribution in [3.63, 3.8) is 0 Å². The van der Waals surface area contributed by atoms with E-state index < -0.39 is 0 Å². The molecule has 0 spiro atoms. The van der Waals surface area contributed by atoms with Gasteiger partial charge in [0.05, 0.1) is 5.71 Å². The predicted octanol–water partition coefficient (Wildman–Crippen LogP) is -1.07. The fourth-order valence-corrected chi connectivity index (χ4v) is 1.68. The van der Waals surface area contributed by atoms with E-state index in [1.807, 2.05) is 0 Å². The van der Waals surface area contributed by atoms with Crippen LogP contribution in [0.1, 0.15) is 25.7 Å². The molecule has 6 heteroatoms. The highest BCUT2D eigenvalue weighted by Gasteiger charge is 2.21. The highest BCUT2D eigenvalue weighted by Crippen LogP contribution is 2.11. The summed E-state index contributed by atoms with van der Waals surface area (Å²) in [6.45, 7) is 1.28. The lowest BCUT2D eigenvalue weighted by Gasteiger charge is -2.23. The van der Waals surface area contributed by atoms with E-state index in [1.165, 1.54) is 0 Å². The Morgan fingerprint density at radius 2 is 1.75 bits per heavy atom. The molecule has 0 saturated heterocycles. The van der Waals surface area contributed by atoms with Crippen LogP contribution in [0.15, 0.2) is 9.98 Å². The van der Waals surface area contributed by atoms with Gasteiger partial charge in [0.2, 0.25) is 0 Å². The fraction of sp³-hybridized carbons (Fsp3) is 0.800. The summed E-state index contributed by atoms with van der Waals surface area (Å²) >= 11 is 0. The van der Waals surface area contributed by atoms with Crippen molar-refractivity contribution >= 4 is 11.5 Å². The standard InChI is InChI=1S/C10H22N6/c11-5-1-3-7-9(13)16-10(14)8(15-7)4-2-6-12/h7,10H,1-6,11-12,14H2,(H2,13,16). The van der Waals surface area contributed by atoms with Crippen LogP contribution in [0.2, 0.25) is 0 Å². The van der Waals surface area contributed by atoms with E-state index in [-0.39, 0.29) is 12.2 Å². The average Bonchev–Trinajstić information content (AvgIpc) is 2.26. The maximum absolute atomic E-state index is 5.84. The largest absolute Gasteiger partial charge is 0.386 e. The molecule has 1 heterocycles. The lowest BCUT2D eigenvalue weighted by molar-refractivity contribution is 0.666. The minimum absolute atomic E-state index is 0.0453.